The van der Waals surface area contributed by atoms with Crippen LogP contribution < -0.4 is 5.32 Å². The van der Waals surface area contributed by atoms with Crippen molar-refractivity contribution in [3.63, 3.8) is 0 Å². The molecule has 2 aromatic heterocycles. The maximum absolute atomic E-state index is 11.6. The van der Waals surface area contributed by atoms with Gasteiger partial charge in [-0.3, -0.25) is 14.9 Å². The quantitative estimate of drug-likeness (QED) is 0.729. The van der Waals surface area contributed by atoms with Gasteiger partial charge in [-0.15, -0.1) is 10.2 Å². The normalized spacial score (nSPS) is 10.3. The molecule has 0 fully saturated rings. The lowest BCUT2D eigenvalue weighted by molar-refractivity contribution is -0.137. The van der Waals surface area contributed by atoms with Crippen LogP contribution in [-0.4, -0.2) is 42.2 Å². The molecule has 0 saturated carbocycles. The molecule has 0 saturated heterocycles. The molecule has 0 bridgehead atoms. The van der Waals surface area contributed by atoms with E-state index in [-0.39, 0.29) is 18.3 Å². The van der Waals surface area contributed by atoms with Gasteiger partial charge in [0.1, 0.15) is 6.54 Å². The second kappa shape index (κ2) is 4.61. The SMILES string of the molecule is Cc1nnc(NC(=O)c2cn(CC(=O)O)nn2)o1. The topological polar surface area (TPSA) is 136 Å². The van der Waals surface area contributed by atoms with E-state index in [0.717, 1.165) is 4.68 Å². The second-order valence-corrected chi connectivity index (χ2v) is 3.28. The molecule has 0 aliphatic heterocycles. The molecule has 10 nitrogen and oxygen atoms in total. The third-order valence-electron chi connectivity index (χ3n) is 1.82. The molecule has 1 amide bonds. The average molecular weight is 252 g/mol. The fourth-order valence-electron chi connectivity index (χ4n) is 1.13. The zero-order valence-corrected chi connectivity index (χ0v) is 9.19. The van der Waals surface area contributed by atoms with Crippen molar-refractivity contribution in [2.45, 2.75) is 13.5 Å². The van der Waals surface area contributed by atoms with Crippen molar-refractivity contribution in [3.05, 3.63) is 17.8 Å². The highest BCUT2D eigenvalue weighted by Crippen LogP contribution is 2.05. The highest BCUT2D eigenvalue weighted by molar-refractivity contribution is 6.01. The third kappa shape index (κ3) is 2.66. The van der Waals surface area contributed by atoms with Crippen LogP contribution >= 0.6 is 0 Å². The number of hydrogen-bond acceptors (Lipinski definition) is 7. The van der Waals surface area contributed by atoms with Crippen LogP contribution in [0, 0.1) is 6.92 Å². The number of aromatic nitrogens is 5. The van der Waals surface area contributed by atoms with Crippen LogP contribution in [0.25, 0.3) is 0 Å². The van der Waals surface area contributed by atoms with E-state index in [4.69, 9.17) is 9.52 Å². The number of carboxylic acids is 1. The molecule has 2 heterocycles. The molecule has 2 rings (SSSR count). The van der Waals surface area contributed by atoms with Crippen molar-refractivity contribution in [2.24, 2.45) is 0 Å². The summed E-state index contributed by atoms with van der Waals surface area (Å²) in [5.41, 5.74) is -0.0490. The number of carboxylic acid groups (broad SMARTS) is 1. The minimum absolute atomic E-state index is 0.0490. The van der Waals surface area contributed by atoms with Crippen molar-refractivity contribution >= 4 is 17.9 Å². The maximum atomic E-state index is 11.6. The number of carbonyl (C=O) groups is 2. The van der Waals surface area contributed by atoms with Gasteiger partial charge in [0.2, 0.25) is 5.89 Å². The monoisotopic (exact) mass is 252 g/mol. The molecular formula is C8H8N6O4. The van der Waals surface area contributed by atoms with Crippen LogP contribution in [0.1, 0.15) is 16.4 Å². The van der Waals surface area contributed by atoms with Gasteiger partial charge in [-0.25, -0.2) is 4.68 Å². The van der Waals surface area contributed by atoms with Crippen molar-refractivity contribution in [2.75, 3.05) is 5.32 Å². The number of carbonyl (C=O) groups excluding carboxylic acids is 1. The summed E-state index contributed by atoms with van der Waals surface area (Å²) in [5, 5.41) is 24.9. The Bertz CT molecular complexity index is 588. The van der Waals surface area contributed by atoms with Crippen LogP contribution in [0.3, 0.4) is 0 Å². The van der Waals surface area contributed by atoms with E-state index >= 15 is 0 Å². The van der Waals surface area contributed by atoms with Gasteiger partial charge < -0.3 is 9.52 Å². The van der Waals surface area contributed by atoms with E-state index in [1.54, 1.807) is 6.92 Å². The molecule has 94 valence electrons. The number of nitrogens with zero attached hydrogens (tertiary/aromatic N) is 5. The van der Waals surface area contributed by atoms with Crippen molar-refractivity contribution in [1.82, 2.24) is 25.2 Å². The summed E-state index contributed by atoms with van der Waals surface area (Å²) in [6, 6.07) is -0.0646. The number of nitrogens with one attached hydrogen (secondary N) is 1. The Morgan fingerprint density at radius 3 is 2.83 bits per heavy atom. The second-order valence-electron chi connectivity index (χ2n) is 3.28. The van der Waals surface area contributed by atoms with Crippen LogP contribution in [0.5, 0.6) is 0 Å². The molecule has 2 N–H and O–H groups in total. The Balaban J connectivity index is 2.05. The third-order valence-corrected chi connectivity index (χ3v) is 1.82. The summed E-state index contributed by atoms with van der Waals surface area (Å²) in [4.78, 5) is 22.0. The van der Waals surface area contributed by atoms with Crippen molar-refractivity contribution < 1.29 is 19.1 Å². The van der Waals surface area contributed by atoms with Gasteiger partial charge in [0.15, 0.2) is 5.69 Å². The van der Waals surface area contributed by atoms with Gasteiger partial charge in [0.05, 0.1) is 6.20 Å². The van der Waals surface area contributed by atoms with E-state index < -0.39 is 11.9 Å². The van der Waals surface area contributed by atoms with E-state index in [1.807, 2.05) is 0 Å². The number of amides is 1. The number of hydrogen-bond donors (Lipinski definition) is 2. The minimum atomic E-state index is -1.08. The number of aryl methyl sites for hydroxylation is 1. The summed E-state index contributed by atoms with van der Waals surface area (Å²) >= 11 is 0. The molecule has 0 unspecified atom stereocenters. The smallest absolute Gasteiger partial charge is 0.325 e. The first-order valence-corrected chi connectivity index (χ1v) is 4.78. The maximum Gasteiger partial charge on any atom is 0.325 e. The Morgan fingerprint density at radius 2 is 2.22 bits per heavy atom. The Hall–Kier alpha value is -2.78. The number of anilines is 1. The summed E-state index contributed by atoms with van der Waals surface area (Å²) in [6.45, 7) is 1.20. The van der Waals surface area contributed by atoms with Crippen molar-refractivity contribution in [3.8, 4) is 0 Å². The van der Waals surface area contributed by atoms with Crippen LogP contribution in [0.2, 0.25) is 0 Å². The highest BCUT2D eigenvalue weighted by Gasteiger charge is 2.14. The number of aliphatic carboxylic acids is 1. The lowest BCUT2D eigenvalue weighted by Gasteiger charge is -1.94. The first-order chi connectivity index (χ1) is 8.54. The summed E-state index contributed by atoms with van der Waals surface area (Å²) < 4.78 is 5.97. The predicted molar refractivity (Wildman–Crippen MR) is 54.6 cm³/mol. The molecule has 2 aromatic rings. The molecule has 10 heteroatoms. The standard InChI is InChI=1S/C8H8N6O4/c1-4-10-12-8(18-4)9-7(17)5-2-14(13-11-5)3-6(15)16/h2H,3H2,1H3,(H,15,16)(H,9,12,17). The Labute approximate surface area is 99.6 Å². The van der Waals surface area contributed by atoms with Gasteiger partial charge >= 0.3 is 12.0 Å². The average Bonchev–Trinajstić information content (AvgIpc) is 2.87. The van der Waals surface area contributed by atoms with Gasteiger partial charge in [-0.1, -0.05) is 10.3 Å². The van der Waals surface area contributed by atoms with Gasteiger partial charge in [-0.2, -0.15) is 0 Å². The summed E-state index contributed by atoms with van der Waals surface area (Å²) in [6.07, 6.45) is 1.20. The van der Waals surface area contributed by atoms with Crippen LogP contribution in [0.15, 0.2) is 10.6 Å². The molecule has 0 aliphatic rings. The molecule has 0 radical (unpaired) electrons. The van der Waals surface area contributed by atoms with E-state index in [2.05, 4.69) is 25.8 Å². The largest absolute Gasteiger partial charge is 0.480 e. The lowest BCUT2D eigenvalue weighted by atomic mass is 10.4. The fourth-order valence-corrected chi connectivity index (χ4v) is 1.13. The first kappa shape index (κ1) is 11.7. The van der Waals surface area contributed by atoms with E-state index in [1.165, 1.54) is 6.20 Å². The zero-order valence-electron chi connectivity index (χ0n) is 9.19. The lowest BCUT2D eigenvalue weighted by Crippen LogP contribution is -2.13. The van der Waals surface area contributed by atoms with Gasteiger partial charge in [0, 0.05) is 6.92 Å². The van der Waals surface area contributed by atoms with E-state index in [0.29, 0.717) is 5.89 Å². The molecule has 0 spiro atoms. The Kier molecular flexibility index (Phi) is 3.00. The summed E-state index contributed by atoms with van der Waals surface area (Å²) in [5.74, 6) is -1.39. The Morgan fingerprint density at radius 1 is 1.44 bits per heavy atom. The number of rotatable bonds is 4. The molecule has 0 aliphatic carbocycles. The molecule has 0 aromatic carbocycles. The summed E-state index contributed by atoms with van der Waals surface area (Å²) in [7, 11) is 0. The van der Waals surface area contributed by atoms with Crippen LogP contribution in [0.4, 0.5) is 6.01 Å². The van der Waals surface area contributed by atoms with Crippen molar-refractivity contribution in [1.29, 1.82) is 0 Å². The predicted octanol–water partition coefficient (Wildman–Crippen LogP) is -0.694. The van der Waals surface area contributed by atoms with Gasteiger partial charge in [0.25, 0.3) is 5.91 Å². The molecule has 0 atom stereocenters. The highest BCUT2D eigenvalue weighted by atomic mass is 16.4. The zero-order chi connectivity index (χ0) is 13.1. The first-order valence-electron chi connectivity index (χ1n) is 4.78. The fraction of sp³-hybridized carbons (Fsp3) is 0.250. The van der Waals surface area contributed by atoms with Crippen LogP contribution in [-0.2, 0) is 11.3 Å². The molecular weight excluding hydrogens is 244 g/mol. The molecule has 18 heavy (non-hydrogen) atoms. The minimum Gasteiger partial charge on any atom is -0.480 e. The van der Waals surface area contributed by atoms with Gasteiger partial charge in [-0.05, 0) is 0 Å². The van der Waals surface area contributed by atoms with E-state index in [9.17, 15) is 9.59 Å².